The second-order valence-electron chi connectivity index (χ2n) is 11.7. The number of aliphatic hydroxyl groups is 1. The van der Waals surface area contributed by atoms with Crippen LogP contribution in [0.5, 0.6) is 0 Å². The molecule has 10 heteroatoms. The van der Waals surface area contributed by atoms with Crippen molar-refractivity contribution < 1.29 is 43.3 Å². The molecule has 4 unspecified atom stereocenters. The molecule has 4 rings (SSSR count). The van der Waals surface area contributed by atoms with E-state index in [4.69, 9.17) is 19.3 Å². The van der Waals surface area contributed by atoms with E-state index in [0.717, 1.165) is 23.5 Å². The second-order valence-corrected chi connectivity index (χ2v) is 11.7. The van der Waals surface area contributed by atoms with Crippen LogP contribution in [-0.4, -0.2) is 71.5 Å². The van der Waals surface area contributed by atoms with Gasteiger partial charge in [0.2, 0.25) is 5.91 Å². The average Bonchev–Trinajstić information content (AvgIpc) is 3.38. The SMILES string of the molecule is CC(=O)OC(C(=O)C=C(C(=O)CCCOCCO)c1cccc(C)c1)C(Cc1ccccc1)C(=O)N1C(=O)OC(c2ccccc2)C1C. The second kappa shape index (κ2) is 17.3. The molecule has 4 atom stereocenters. The molecule has 1 saturated heterocycles. The molecule has 48 heavy (non-hydrogen) atoms. The molecule has 0 radical (unpaired) electrons. The summed E-state index contributed by atoms with van der Waals surface area (Å²) >= 11 is 0. The minimum atomic E-state index is -1.66. The van der Waals surface area contributed by atoms with Gasteiger partial charge in [-0.15, -0.1) is 0 Å². The van der Waals surface area contributed by atoms with Crippen molar-refractivity contribution in [3.63, 3.8) is 0 Å². The summed E-state index contributed by atoms with van der Waals surface area (Å²) in [5, 5.41) is 8.96. The Labute approximate surface area is 280 Å². The van der Waals surface area contributed by atoms with Gasteiger partial charge < -0.3 is 19.3 Å². The van der Waals surface area contributed by atoms with E-state index >= 15 is 0 Å². The van der Waals surface area contributed by atoms with Crippen LogP contribution < -0.4 is 0 Å². The van der Waals surface area contributed by atoms with Crippen LogP contribution in [-0.2, 0) is 39.8 Å². The predicted octanol–water partition coefficient (Wildman–Crippen LogP) is 5.20. The fraction of sp³-hybridized carbons (Fsp3) is 0.342. The van der Waals surface area contributed by atoms with E-state index in [1.54, 1.807) is 79.7 Å². The molecule has 0 aliphatic carbocycles. The summed E-state index contributed by atoms with van der Waals surface area (Å²) in [4.78, 5) is 68.9. The van der Waals surface area contributed by atoms with Crippen LogP contribution in [0.1, 0.15) is 55.0 Å². The molecule has 0 aromatic heterocycles. The molecule has 0 spiro atoms. The monoisotopic (exact) mass is 655 g/mol. The van der Waals surface area contributed by atoms with Crippen LogP contribution in [0, 0.1) is 12.8 Å². The average molecular weight is 656 g/mol. The predicted molar refractivity (Wildman–Crippen MR) is 177 cm³/mol. The van der Waals surface area contributed by atoms with Crippen LogP contribution in [0.15, 0.2) is 91.0 Å². The zero-order valence-electron chi connectivity index (χ0n) is 27.4. The Balaban J connectivity index is 1.73. The molecule has 1 N–H and O–H groups in total. The maximum absolute atomic E-state index is 14.4. The molecule has 1 aliphatic rings. The number of imide groups is 1. The highest BCUT2D eigenvalue weighted by Crippen LogP contribution is 2.35. The Morgan fingerprint density at radius 2 is 1.65 bits per heavy atom. The number of aryl methyl sites for hydroxylation is 1. The van der Waals surface area contributed by atoms with Crippen LogP contribution >= 0.6 is 0 Å². The lowest BCUT2D eigenvalue weighted by Gasteiger charge is -2.29. The van der Waals surface area contributed by atoms with Crippen molar-refractivity contribution in [1.82, 2.24) is 4.90 Å². The number of amides is 2. The highest BCUT2D eigenvalue weighted by Gasteiger charge is 2.48. The quantitative estimate of drug-likeness (QED) is 0.125. The van der Waals surface area contributed by atoms with Gasteiger partial charge in [0.15, 0.2) is 17.7 Å². The molecule has 2 amide bonds. The smallest absolute Gasteiger partial charge is 0.417 e. The fourth-order valence-electron chi connectivity index (χ4n) is 5.73. The van der Waals surface area contributed by atoms with Crippen molar-refractivity contribution >= 4 is 35.1 Å². The minimum Gasteiger partial charge on any atom is -0.453 e. The fourth-order valence-corrected chi connectivity index (χ4v) is 5.73. The number of esters is 1. The zero-order valence-corrected chi connectivity index (χ0v) is 27.4. The maximum Gasteiger partial charge on any atom is 0.417 e. The minimum absolute atomic E-state index is 0.0420. The van der Waals surface area contributed by atoms with Gasteiger partial charge in [0.05, 0.1) is 25.2 Å². The number of benzene rings is 3. The van der Waals surface area contributed by atoms with Gasteiger partial charge in [-0.3, -0.25) is 19.2 Å². The number of hydrogen-bond acceptors (Lipinski definition) is 9. The van der Waals surface area contributed by atoms with Gasteiger partial charge in [-0.2, -0.15) is 0 Å². The normalized spacial score (nSPS) is 17.4. The Hall–Kier alpha value is -4.93. The van der Waals surface area contributed by atoms with E-state index in [1.165, 1.54) is 0 Å². The standard InChI is InChI=1S/C38H41NO9/c1-25-12-10-17-30(22-25)31(33(42)18-11-20-46-21-19-40)24-34(43)36(47-27(3)41)32(23-28-13-6-4-7-14-28)37(44)39-26(2)35(48-38(39)45)29-15-8-5-9-16-29/h4-10,12-17,22,24,26,32,35-36,40H,11,18-21,23H2,1-3H3. The lowest BCUT2D eigenvalue weighted by atomic mass is 9.87. The third-order valence-electron chi connectivity index (χ3n) is 8.03. The highest BCUT2D eigenvalue weighted by atomic mass is 16.6. The Bertz CT molecular complexity index is 1620. The van der Waals surface area contributed by atoms with Crippen molar-refractivity contribution in [1.29, 1.82) is 0 Å². The van der Waals surface area contributed by atoms with Gasteiger partial charge in [-0.1, -0.05) is 90.5 Å². The topological polar surface area (TPSA) is 137 Å². The third-order valence-corrected chi connectivity index (χ3v) is 8.03. The van der Waals surface area contributed by atoms with E-state index in [9.17, 15) is 24.0 Å². The molecule has 252 valence electrons. The van der Waals surface area contributed by atoms with Crippen LogP contribution in [0.4, 0.5) is 4.79 Å². The summed E-state index contributed by atoms with van der Waals surface area (Å²) in [6.45, 7) is 4.90. The van der Waals surface area contributed by atoms with Gasteiger partial charge in [0, 0.05) is 25.5 Å². The van der Waals surface area contributed by atoms with Crippen molar-refractivity contribution in [3.05, 3.63) is 113 Å². The van der Waals surface area contributed by atoms with E-state index in [0.29, 0.717) is 23.1 Å². The largest absolute Gasteiger partial charge is 0.453 e. The first-order chi connectivity index (χ1) is 23.1. The highest BCUT2D eigenvalue weighted by molar-refractivity contribution is 6.25. The molecular weight excluding hydrogens is 614 g/mol. The van der Waals surface area contributed by atoms with Gasteiger partial charge in [0.25, 0.3) is 0 Å². The summed E-state index contributed by atoms with van der Waals surface area (Å²) in [6.07, 6.45) is -1.80. The first kappa shape index (κ1) is 35.9. The number of Topliss-reactive ketones (excluding diaryl/α,β-unsaturated/α-hetero) is 1. The molecule has 0 saturated carbocycles. The van der Waals surface area contributed by atoms with Crippen LogP contribution in [0.3, 0.4) is 0 Å². The van der Waals surface area contributed by atoms with Gasteiger partial charge in [-0.25, -0.2) is 9.69 Å². The lowest BCUT2D eigenvalue weighted by Crippen LogP contribution is -2.49. The van der Waals surface area contributed by atoms with Crippen molar-refractivity contribution in [2.75, 3.05) is 19.8 Å². The molecule has 0 bridgehead atoms. The number of ketones is 2. The Morgan fingerprint density at radius 1 is 0.958 bits per heavy atom. The summed E-state index contributed by atoms with van der Waals surface area (Å²) in [7, 11) is 0. The van der Waals surface area contributed by atoms with Gasteiger partial charge in [-0.05, 0) is 49.5 Å². The van der Waals surface area contributed by atoms with E-state index < -0.39 is 47.9 Å². The van der Waals surface area contributed by atoms with Crippen LogP contribution in [0.2, 0.25) is 0 Å². The number of nitrogens with zero attached hydrogens (tertiary/aromatic N) is 1. The molecule has 3 aromatic carbocycles. The first-order valence-corrected chi connectivity index (χ1v) is 15.9. The van der Waals surface area contributed by atoms with Gasteiger partial charge in [0.1, 0.15) is 6.10 Å². The maximum atomic E-state index is 14.4. The third kappa shape index (κ3) is 9.33. The molecule has 10 nitrogen and oxygen atoms in total. The first-order valence-electron chi connectivity index (χ1n) is 15.9. The number of aliphatic hydroxyl groups excluding tert-OH is 1. The van der Waals surface area contributed by atoms with E-state index in [1.807, 2.05) is 19.1 Å². The number of cyclic esters (lactones) is 1. The molecular formula is C38H41NO9. The summed E-state index contributed by atoms with van der Waals surface area (Å²) in [6, 6.07) is 24.2. The van der Waals surface area contributed by atoms with Gasteiger partial charge >= 0.3 is 12.1 Å². The summed E-state index contributed by atoms with van der Waals surface area (Å²) in [5.74, 6) is -4.01. The summed E-state index contributed by atoms with van der Waals surface area (Å²) in [5.41, 5.74) is 2.80. The molecule has 3 aromatic rings. The molecule has 1 aliphatic heterocycles. The van der Waals surface area contributed by atoms with E-state index in [-0.39, 0.29) is 44.0 Å². The Morgan fingerprint density at radius 3 is 2.29 bits per heavy atom. The number of carbonyl (C=O) groups is 5. The van der Waals surface area contributed by atoms with Crippen LogP contribution in [0.25, 0.3) is 5.57 Å². The number of rotatable bonds is 16. The van der Waals surface area contributed by atoms with Crippen molar-refractivity contribution in [2.24, 2.45) is 5.92 Å². The zero-order chi connectivity index (χ0) is 34.6. The van der Waals surface area contributed by atoms with Crippen molar-refractivity contribution in [3.8, 4) is 0 Å². The Kier molecular flexibility index (Phi) is 12.9. The number of carbonyl (C=O) groups excluding carboxylic acids is 5. The number of hydrogen-bond donors (Lipinski definition) is 1. The van der Waals surface area contributed by atoms with E-state index in [2.05, 4.69) is 0 Å². The molecule has 1 heterocycles. The number of ether oxygens (including phenoxy) is 3. The summed E-state index contributed by atoms with van der Waals surface area (Å²) < 4.78 is 16.5. The lowest BCUT2D eigenvalue weighted by molar-refractivity contribution is -0.158. The number of allylic oxidation sites excluding steroid dienone is 1. The molecule has 1 fully saturated rings. The van der Waals surface area contributed by atoms with Crippen molar-refractivity contribution in [2.45, 2.75) is 58.3 Å².